The monoisotopic (exact) mass is 224 g/mol. The lowest BCUT2D eigenvalue weighted by atomic mass is 9.87. The van der Waals surface area contributed by atoms with Crippen molar-refractivity contribution in [3.05, 3.63) is 17.1 Å². The van der Waals surface area contributed by atoms with Gasteiger partial charge in [0.05, 0.1) is 18.2 Å². The summed E-state index contributed by atoms with van der Waals surface area (Å²) in [6.45, 7) is 1.82. The molecular formula is C11H16N2OS. The van der Waals surface area contributed by atoms with Gasteiger partial charge in [-0.05, 0) is 24.4 Å². The van der Waals surface area contributed by atoms with Gasteiger partial charge in [0.1, 0.15) is 0 Å². The first-order chi connectivity index (χ1) is 7.41. The predicted molar refractivity (Wildman–Crippen MR) is 60.0 cm³/mol. The second kappa shape index (κ2) is 3.85. The van der Waals surface area contributed by atoms with E-state index < -0.39 is 0 Å². The maximum absolute atomic E-state index is 6.08. The van der Waals surface area contributed by atoms with Gasteiger partial charge in [-0.15, -0.1) is 0 Å². The van der Waals surface area contributed by atoms with E-state index in [1.807, 2.05) is 6.20 Å². The Morgan fingerprint density at radius 1 is 1.47 bits per heavy atom. The van der Waals surface area contributed by atoms with E-state index in [9.17, 15) is 0 Å². The molecule has 1 atom stereocenters. The third kappa shape index (κ3) is 1.61. The SMILES string of the molecule is c1nscc1C1NCCOC12CCCC2. The molecule has 1 aromatic heterocycles. The second-order valence-corrected chi connectivity index (χ2v) is 5.12. The van der Waals surface area contributed by atoms with E-state index in [2.05, 4.69) is 15.1 Å². The molecule has 0 aromatic carbocycles. The van der Waals surface area contributed by atoms with Crippen molar-refractivity contribution >= 4 is 11.5 Å². The van der Waals surface area contributed by atoms with E-state index >= 15 is 0 Å². The van der Waals surface area contributed by atoms with Crippen molar-refractivity contribution < 1.29 is 4.74 Å². The van der Waals surface area contributed by atoms with E-state index in [1.54, 1.807) is 0 Å². The zero-order chi connectivity index (χ0) is 10.1. The first-order valence-electron chi connectivity index (χ1n) is 5.67. The number of aromatic nitrogens is 1. The lowest BCUT2D eigenvalue weighted by Gasteiger charge is -2.41. The summed E-state index contributed by atoms with van der Waals surface area (Å²) in [6, 6.07) is 0.368. The van der Waals surface area contributed by atoms with Crippen LogP contribution in [0, 0.1) is 0 Å². The van der Waals surface area contributed by atoms with Crippen LogP contribution in [0.25, 0.3) is 0 Å². The molecule has 3 nitrogen and oxygen atoms in total. The highest BCUT2D eigenvalue weighted by atomic mass is 32.1. The molecule has 15 heavy (non-hydrogen) atoms. The average molecular weight is 224 g/mol. The Morgan fingerprint density at radius 3 is 3.07 bits per heavy atom. The zero-order valence-electron chi connectivity index (χ0n) is 8.74. The van der Waals surface area contributed by atoms with Crippen LogP contribution >= 0.6 is 11.5 Å². The Hall–Kier alpha value is -0.450. The number of rotatable bonds is 1. The lowest BCUT2D eigenvalue weighted by molar-refractivity contribution is -0.0934. The van der Waals surface area contributed by atoms with Gasteiger partial charge >= 0.3 is 0 Å². The molecule has 1 spiro atoms. The third-order valence-corrected chi connectivity index (χ3v) is 4.21. The first-order valence-corrected chi connectivity index (χ1v) is 6.51. The molecule has 2 aliphatic rings. The van der Waals surface area contributed by atoms with Gasteiger partial charge in [-0.25, -0.2) is 4.37 Å². The summed E-state index contributed by atoms with van der Waals surface area (Å²) in [5.41, 5.74) is 1.38. The van der Waals surface area contributed by atoms with Crippen molar-refractivity contribution in [2.45, 2.75) is 37.3 Å². The number of ether oxygens (including phenoxy) is 1. The number of hydrogen-bond acceptors (Lipinski definition) is 4. The summed E-state index contributed by atoms with van der Waals surface area (Å²) in [4.78, 5) is 0. The van der Waals surface area contributed by atoms with E-state index in [-0.39, 0.29) is 5.60 Å². The van der Waals surface area contributed by atoms with Crippen LogP contribution in [-0.2, 0) is 4.74 Å². The number of morpholine rings is 1. The van der Waals surface area contributed by atoms with Crippen LogP contribution in [-0.4, -0.2) is 23.1 Å². The van der Waals surface area contributed by atoms with E-state index in [0.717, 1.165) is 13.2 Å². The molecule has 2 fully saturated rings. The Bertz CT molecular complexity index is 319. The van der Waals surface area contributed by atoms with Gasteiger partial charge in [0, 0.05) is 23.7 Å². The average Bonchev–Trinajstić information content (AvgIpc) is 2.90. The molecule has 1 aromatic rings. The van der Waals surface area contributed by atoms with Gasteiger partial charge in [0.15, 0.2) is 0 Å². The van der Waals surface area contributed by atoms with Crippen LogP contribution in [0.5, 0.6) is 0 Å². The van der Waals surface area contributed by atoms with Crippen molar-refractivity contribution in [3.63, 3.8) is 0 Å². The molecular weight excluding hydrogens is 208 g/mol. The summed E-state index contributed by atoms with van der Waals surface area (Å²) < 4.78 is 10.3. The van der Waals surface area contributed by atoms with Gasteiger partial charge in [-0.2, -0.15) is 0 Å². The molecule has 1 aliphatic carbocycles. The van der Waals surface area contributed by atoms with Crippen molar-refractivity contribution in [3.8, 4) is 0 Å². The van der Waals surface area contributed by atoms with Crippen LogP contribution in [0.4, 0.5) is 0 Å². The Balaban J connectivity index is 1.90. The van der Waals surface area contributed by atoms with Crippen LogP contribution in [0.15, 0.2) is 11.6 Å². The molecule has 1 aliphatic heterocycles. The Morgan fingerprint density at radius 2 is 2.33 bits per heavy atom. The minimum absolute atomic E-state index is 0.0704. The number of hydrogen-bond donors (Lipinski definition) is 1. The van der Waals surface area contributed by atoms with E-state index in [0.29, 0.717) is 6.04 Å². The molecule has 3 rings (SSSR count). The summed E-state index contributed by atoms with van der Waals surface area (Å²) >= 11 is 1.53. The van der Waals surface area contributed by atoms with Gasteiger partial charge < -0.3 is 10.1 Å². The molecule has 0 radical (unpaired) electrons. The minimum atomic E-state index is 0.0704. The highest BCUT2D eigenvalue weighted by molar-refractivity contribution is 7.03. The zero-order valence-corrected chi connectivity index (χ0v) is 9.55. The Labute approximate surface area is 94.0 Å². The minimum Gasteiger partial charge on any atom is -0.372 e. The molecule has 0 amide bonds. The number of nitrogens with one attached hydrogen (secondary N) is 1. The molecule has 82 valence electrons. The van der Waals surface area contributed by atoms with Crippen molar-refractivity contribution in [1.82, 2.24) is 9.69 Å². The maximum atomic E-state index is 6.08. The van der Waals surface area contributed by atoms with E-state index in [4.69, 9.17) is 4.74 Å². The molecule has 2 heterocycles. The topological polar surface area (TPSA) is 34.2 Å². The van der Waals surface area contributed by atoms with Crippen molar-refractivity contribution in [1.29, 1.82) is 0 Å². The van der Waals surface area contributed by atoms with Gasteiger partial charge in [0.25, 0.3) is 0 Å². The van der Waals surface area contributed by atoms with Crippen LogP contribution in [0.2, 0.25) is 0 Å². The highest BCUT2D eigenvalue weighted by Gasteiger charge is 2.45. The highest BCUT2D eigenvalue weighted by Crippen LogP contribution is 2.44. The summed E-state index contributed by atoms with van der Waals surface area (Å²) in [7, 11) is 0. The molecule has 1 unspecified atom stereocenters. The fourth-order valence-electron chi connectivity index (χ4n) is 2.91. The lowest BCUT2D eigenvalue weighted by Crippen LogP contribution is -2.50. The van der Waals surface area contributed by atoms with Gasteiger partial charge in [-0.3, -0.25) is 0 Å². The largest absolute Gasteiger partial charge is 0.372 e. The van der Waals surface area contributed by atoms with Crippen LogP contribution < -0.4 is 5.32 Å². The summed E-state index contributed by atoms with van der Waals surface area (Å²) in [6.07, 6.45) is 6.98. The fraction of sp³-hybridized carbons (Fsp3) is 0.727. The molecule has 1 saturated heterocycles. The van der Waals surface area contributed by atoms with Crippen LogP contribution in [0.3, 0.4) is 0 Å². The smallest absolute Gasteiger partial charge is 0.0877 e. The second-order valence-electron chi connectivity index (χ2n) is 4.47. The molecule has 1 saturated carbocycles. The fourth-order valence-corrected chi connectivity index (χ4v) is 3.47. The normalized spacial score (nSPS) is 29.7. The standard InChI is InChI=1S/C11H16N2OS/c1-2-4-11(3-1)10(12-5-6-14-11)9-7-13-15-8-9/h7-8,10,12H,1-6H2. The quantitative estimate of drug-likeness (QED) is 0.793. The van der Waals surface area contributed by atoms with Crippen LogP contribution in [0.1, 0.15) is 37.3 Å². The predicted octanol–water partition coefficient (Wildman–Crippen LogP) is 2.12. The van der Waals surface area contributed by atoms with Crippen molar-refractivity contribution in [2.24, 2.45) is 0 Å². The molecule has 4 heteroatoms. The molecule has 1 N–H and O–H groups in total. The van der Waals surface area contributed by atoms with Crippen molar-refractivity contribution in [2.75, 3.05) is 13.2 Å². The van der Waals surface area contributed by atoms with Gasteiger partial charge in [-0.1, -0.05) is 12.8 Å². The van der Waals surface area contributed by atoms with E-state index in [1.165, 1.54) is 42.8 Å². The van der Waals surface area contributed by atoms with Gasteiger partial charge in [0.2, 0.25) is 0 Å². The molecule has 0 bridgehead atoms. The third-order valence-electron chi connectivity index (χ3n) is 3.60. The summed E-state index contributed by atoms with van der Waals surface area (Å²) in [5.74, 6) is 0. The maximum Gasteiger partial charge on any atom is 0.0877 e. The first kappa shape index (κ1) is 9.75. The summed E-state index contributed by atoms with van der Waals surface area (Å²) in [5, 5.41) is 5.74. The Kier molecular flexibility index (Phi) is 2.50. The number of nitrogens with zero attached hydrogens (tertiary/aromatic N) is 1.